The van der Waals surface area contributed by atoms with Crippen LogP contribution < -0.4 is 4.72 Å². The molecule has 3 atom stereocenters. The van der Waals surface area contributed by atoms with E-state index in [0.29, 0.717) is 11.8 Å². The zero-order chi connectivity index (χ0) is 13.5. The van der Waals surface area contributed by atoms with Gasteiger partial charge in [0, 0.05) is 11.6 Å². The zero-order valence-corrected chi connectivity index (χ0v) is 11.5. The maximum atomic E-state index is 13.5. The van der Waals surface area contributed by atoms with Crippen LogP contribution in [0.25, 0.3) is 0 Å². The highest BCUT2D eigenvalue weighted by Gasteiger charge is 2.41. The number of hydrogen-bond acceptors (Lipinski definition) is 2. The van der Waals surface area contributed by atoms with Gasteiger partial charge in [0.15, 0.2) is 0 Å². The lowest BCUT2D eigenvalue weighted by molar-refractivity contribution is 0.390. The second-order valence-electron chi connectivity index (χ2n) is 5.75. The van der Waals surface area contributed by atoms with E-state index in [1.807, 2.05) is 0 Å². The lowest BCUT2D eigenvalue weighted by Gasteiger charge is -2.22. The average molecular weight is 283 g/mol. The van der Waals surface area contributed by atoms with E-state index in [2.05, 4.69) is 4.72 Å². The van der Waals surface area contributed by atoms with Crippen molar-refractivity contribution in [2.45, 2.75) is 37.5 Å². The van der Waals surface area contributed by atoms with Crippen LogP contribution in [0.5, 0.6) is 0 Å². The molecule has 2 bridgehead atoms. The Morgan fingerprint density at radius 3 is 2.63 bits per heavy atom. The van der Waals surface area contributed by atoms with E-state index in [1.54, 1.807) is 12.1 Å². The van der Waals surface area contributed by atoms with Gasteiger partial charge in [-0.05, 0) is 37.2 Å². The highest BCUT2D eigenvalue weighted by Crippen LogP contribution is 2.44. The second kappa shape index (κ2) is 4.87. The van der Waals surface area contributed by atoms with Crippen molar-refractivity contribution in [3.63, 3.8) is 0 Å². The zero-order valence-electron chi connectivity index (χ0n) is 10.7. The van der Waals surface area contributed by atoms with E-state index >= 15 is 0 Å². The van der Waals surface area contributed by atoms with E-state index < -0.39 is 15.8 Å². The molecule has 2 aliphatic carbocycles. The van der Waals surface area contributed by atoms with Crippen molar-refractivity contribution in [2.24, 2.45) is 11.8 Å². The summed E-state index contributed by atoms with van der Waals surface area (Å²) in [6.45, 7) is 0. The van der Waals surface area contributed by atoms with Crippen LogP contribution in [0.3, 0.4) is 0 Å². The standard InChI is InChI=1S/C14H18FNO2S/c15-13-4-2-1-3-12(13)9-19(17,18)16-14-8-10-5-6-11(14)7-10/h1-4,10-11,14,16H,5-9H2. The third kappa shape index (κ3) is 2.82. The van der Waals surface area contributed by atoms with Gasteiger partial charge in [0.25, 0.3) is 0 Å². The first-order chi connectivity index (χ1) is 9.03. The van der Waals surface area contributed by atoms with Crippen LogP contribution in [0, 0.1) is 17.7 Å². The van der Waals surface area contributed by atoms with Crippen LogP contribution in [0.2, 0.25) is 0 Å². The van der Waals surface area contributed by atoms with Crippen LogP contribution in [0.15, 0.2) is 24.3 Å². The van der Waals surface area contributed by atoms with Crippen LogP contribution in [-0.2, 0) is 15.8 Å². The molecular formula is C14H18FNO2S. The van der Waals surface area contributed by atoms with Crippen LogP contribution >= 0.6 is 0 Å². The van der Waals surface area contributed by atoms with Crippen molar-refractivity contribution in [1.82, 2.24) is 4.72 Å². The molecule has 2 saturated carbocycles. The number of benzene rings is 1. The third-order valence-corrected chi connectivity index (χ3v) is 5.73. The van der Waals surface area contributed by atoms with Crippen molar-refractivity contribution in [3.05, 3.63) is 35.6 Å². The molecule has 0 spiro atoms. The normalized spacial score (nSPS) is 29.8. The topological polar surface area (TPSA) is 46.2 Å². The summed E-state index contributed by atoms with van der Waals surface area (Å²) in [5, 5.41) is 0. The Balaban J connectivity index is 1.68. The fourth-order valence-corrected chi connectivity index (χ4v) is 4.96. The van der Waals surface area contributed by atoms with Crippen LogP contribution in [-0.4, -0.2) is 14.5 Å². The summed E-state index contributed by atoms with van der Waals surface area (Å²) >= 11 is 0. The lowest BCUT2D eigenvalue weighted by Crippen LogP contribution is -2.39. The Hall–Kier alpha value is -0.940. The molecule has 1 N–H and O–H groups in total. The predicted octanol–water partition coefficient (Wildman–Crippen LogP) is 2.43. The number of sulfonamides is 1. The summed E-state index contributed by atoms with van der Waals surface area (Å²) in [7, 11) is -3.45. The lowest BCUT2D eigenvalue weighted by atomic mass is 9.96. The fourth-order valence-electron chi connectivity index (χ4n) is 3.48. The molecular weight excluding hydrogens is 265 g/mol. The predicted molar refractivity (Wildman–Crippen MR) is 71.4 cm³/mol. The SMILES string of the molecule is O=S(=O)(Cc1ccccc1F)NC1CC2CCC1C2. The Bertz CT molecular complexity index is 573. The first-order valence-electron chi connectivity index (χ1n) is 6.77. The summed E-state index contributed by atoms with van der Waals surface area (Å²) in [6.07, 6.45) is 4.45. The van der Waals surface area contributed by atoms with Crippen LogP contribution in [0.1, 0.15) is 31.2 Å². The summed E-state index contributed by atoms with van der Waals surface area (Å²) in [4.78, 5) is 0. The maximum absolute atomic E-state index is 13.5. The molecule has 2 fully saturated rings. The van der Waals surface area contributed by atoms with Crippen LogP contribution in [0.4, 0.5) is 4.39 Å². The maximum Gasteiger partial charge on any atom is 0.216 e. The molecule has 0 radical (unpaired) electrons. The fraction of sp³-hybridized carbons (Fsp3) is 0.571. The highest BCUT2D eigenvalue weighted by atomic mass is 32.2. The van der Waals surface area contributed by atoms with Gasteiger partial charge < -0.3 is 0 Å². The summed E-state index contributed by atoms with van der Waals surface area (Å²) in [5.74, 6) is 0.445. The number of nitrogens with one attached hydrogen (secondary N) is 1. The molecule has 0 heterocycles. The molecule has 0 saturated heterocycles. The molecule has 1 aromatic rings. The molecule has 3 nitrogen and oxygen atoms in total. The molecule has 5 heteroatoms. The molecule has 3 unspecified atom stereocenters. The van der Waals surface area contributed by atoms with E-state index in [9.17, 15) is 12.8 Å². The summed E-state index contributed by atoms with van der Waals surface area (Å²) in [5.41, 5.74) is 0.234. The molecule has 19 heavy (non-hydrogen) atoms. The molecule has 0 aromatic heterocycles. The molecule has 0 amide bonds. The summed E-state index contributed by atoms with van der Waals surface area (Å²) < 4.78 is 40.5. The van der Waals surface area contributed by atoms with E-state index in [1.165, 1.54) is 18.6 Å². The Morgan fingerprint density at radius 2 is 2.00 bits per heavy atom. The molecule has 104 valence electrons. The van der Waals surface area contributed by atoms with Crippen molar-refractivity contribution in [2.75, 3.05) is 0 Å². The molecule has 2 aliphatic rings. The van der Waals surface area contributed by atoms with Gasteiger partial charge in [0.05, 0.1) is 5.75 Å². The van der Waals surface area contributed by atoms with Gasteiger partial charge in [-0.25, -0.2) is 17.5 Å². The highest BCUT2D eigenvalue weighted by molar-refractivity contribution is 7.88. The van der Waals surface area contributed by atoms with Crippen molar-refractivity contribution in [1.29, 1.82) is 0 Å². The average Bonchev–Trinajstić information content (AvgIpc) is 2.93. The minimum Gasteiger partial charge on any atom is -0.212 e. The third-order valence-electron chi connectivity index (χ3n) is 4.37. The monoisotopic (exact) mass is 283 g/mol. The van der Waals surface area contributed by atoms with E-state index in [-0.39, 0.29) is 17.4 Å². The summed E-state index contributed by atoms with van der Waals surface area (Å²) in [6, 6.07) is 6.11. The van der Waals surface area contributed by atoms with Gasteiger partial charge in [-0.1, -0.05) is 24.6 Å². The van der Waals surface area contributed by atoms with Gasteiger partial charge in [-0.15, -0.1) is 0 Å². The largest absolute Gasteiger partial charge is 0.216 e. The molecule has 0 aliphatic heterocycles. The van der Waals surface area contributed by atoms with E-state index in [4.69, 9.17) is 0 Å². The van der Waals surface area contributed by atoms with Crippen molar-refractivity contribution in [3.8, 4) is 0 Å². The van der Waals surface area contributed by atoms with Gasteiger partial charge in [-0.3, -0.25) is 0 Å². The second-order valence-corrected chi connectivity index (χ2v) is 7.50. The molecule has 1 aromatic carbocycles. The van der Waals surface area contributed by atoms with Gasteiger partial charge in [0.1, 0.15) is 5.82 Å². The molecule has 3 rings (SSSR count). The number of halogens is 1. The smallest absolute Gasteiger partial charge is 0.212 e. The Kier molecular flexibility index (Phi) is 3.35. The van der Waals surface area contributed by atoms with Crippen molar-refractivity contribution >= 4 is 10.0 Å². The van der Waals surface area contributed by atoms with E-state index in [0.717, 1.165) is 19.3 Å². The Morgan fingerprint density at radius 1 is 1.21 bits per heavy atom. The Labute approximate surface area is 113 Å². The van der Waals surface area contributed by atoms with Gasteiger partial charge >= 0.3 is 0 Å². The minimum absolute atomic E-state index is 0.0653. The number of rotatable bonds is 4. The first-order valence-corrected chi connectivity index (χ1v) is 8.42. The number of fused-ring (bicyclic) bond motifs is 2. The number of hydrogen-bond donors (Lipinski definition) is 1. The first kappa shape index (κ1) is 13.1. The quantitative estimate of drug-likeness (QED) is 0.922. The van der Waals surface area contributed by atoms with Gasteiger partial charge in [0.2, 0.25) is 10.0 Å². The van der Waals surface area contributed by atoms with Crippen molar-refractivity contribution < 1.29 is 12.8 Å². The van der Waals surface area contributed by atoms with Gasteiger partial charge in [-0.2, -0.15) is 0 Å². The minimum atomic E-state index is -3.45.